The van der Waals surface area contributed by atoms with Crippen molar-refractivity contribution in [2.45, 2.75) is 38.5 Å². The lowest BCUT2D eigenvalue weighted by atomic mass is 9.92. The van der Waals surface area contributed by atoms with Crippen LogP contribution in [0.15, 0.2) is 24.3 Å². The second kappa shape index (κ2) is 7.00. The minimum absolute atomic E-state index is 0.0289. The van der Waals surface area contributed by atoms with Gasteiger partial charge in [0.15, 0.2) is 6.10 Å². The van der Waals surface area contributed by atoms with Crippen LogP contribution in [-0.4, -0.2) is 78.5 Å². The highest BCUT2D eigenvalue weighted by Crippen LogP contribution is 2.33. The molecule has 26 heavy (non-hydrogen) atoms. The van der Waals surface area contributed by atoms with Crippen molar-refractivity contribution in [1.82, 2.24) is 14.7 Å². The predicted molar refractivity (Wildman–Crippen MR) is 99.7 cm³/mol. The molecule has 3 rings (SSSR count). The van der Waals surface area contributed by atoms with Crippen LogP contribution in [0.5, 0.6) is 0 Å². The Morgan fingerprint density at radius 2 is 1.88 bits per heavy atom. The van der Waals surface area contributed by atoms with Gasteiger partial charge in [-0.2, -0.15) is 0 Å². The summed E-state index contributed by atoms with van der Waals surface area (Å²) in [4.78, 5) is 31.4. The van der Waals surface area contributed by atoms with Crippen LogP contribution in [0.2, 0.25) is 0 Å². The van der Waals surface area contributed by atoms with Crippen LogP contribution in [0.3, 0.4) is 0 Å². The Bertz CT molecular complexity index is 703. The standard InChI is InChI=1S/C20H29N3O3/c1-14-8-6-7-9-15(14)17-18(26-12-16(24)22(17)5)19(25)23-11-10-21(4)20(2,3)13-23/h6-9,17-18H,10-13H2,1-5H3. The second-order valence-electron chi connectivity index (χ2n) is 8.03. The molecular formula is C20H29N3O3. The number of likely N-dealkylation sites (N-methyl/N-ethyl adjacent to an activating group) is 2. The van der Waals surface area contributed by atoms with Crippen molar-refractivity contribution in [3.05, 3.63) is 35.4 Å². The lowest BCUT2D eigenvalue weighted by molar-refractivity contribution is -0.169. The SMILES string of the molecule is Cc1ccccc1C1C(C(=O)N2CCN(C)C(C)(C)C2)OCC(=O)N1C. The van der Waals surface area contributed by atoms with E-state index in [0.717, 1.165) is 17.7 Å². The fourth-order valence-electron chi connectivity index (χ4n) is 3.82. The van der Waals surface area contributed by atoms with Gasteiger partial charge in [0.2, 0.25) is 5.91 Å². The van der Waals surface area contributed by atoms with Crippen LogP contribution < -0.4 is 0 Å². The van der Waals surface area contributed by atoms with E-state index in [4.69, 9.17) is 4.74 Å². The fourth-order valence-corrected chi connectivity index (χ4v) is 3.82. The van der Waals surface area contributed by atoms with Gasteiger partial charge < -0.3 is 14.5 Å². The average Bonchev–Trinajstić information content (AvgIpc) is 2.60. The fraction of sp³-hybridized carbons (Fsp3) is 0.600. The molecule has 2 amide bonds. The van der Waals surface area contributed by atoms with Crippen molar-refractivity contribution in [1.29, 1.82) is 0 Å². The first-order valence-electron chi connectivity index (χ1n) is 9.15. The van der Waals surface area contributed by atoms with E-state index in [0.29, 0.717) is 13.1 Å². The summed E-state index contributed by atoms with van der Waals surface area (Å²) in [5.74, 6) is -0.125. The van der Waals surface area contributed by atoms with Gasteiger partial charge in [-0.15, -0.1) is 0 Å². The maximum atomic E-state index is 13.3. The number of nitrogens with zero attached hydrogens (tertiary/aromatic N) is 3. The molecule has 0 bridgehead atoms. The monoisotopic (exact) mass is 359 g/mol. The van der Waals surface area contributed by atoms with Crippen molar-refractivity contribution in [3.63, 3.8) is 0 Å². The predicted octanol–water partition coefficient (Wildman–Crippen LogP) is 1.45. The molecule has 0 aliphatic carbocycles. The van der Waals surface area contributed by atoms with Gasteiger partial charge in [0.25, 0.3) is 5.91 Å². The molecule has 0 N–H and O–H groups in total. The number of piperazine rings is 1. The van der Waals surface area contributed by atoms with E-state index < -0.39 is 12.1 Å². The molecule has 2 saturated heterocycles. The van der Waals surface area contributed by atoms with Crippen LogP contribution in [0.4, 0.5) is 0 Å². The van der Waals surface area contributed by atoms with Crippen molar-refractivity contribution < 1.29 is 14.3 Å². The normalized spacial score (nSPS) is 26.9. The highest BCUT2D eigenvalue weighted by atomic mass is 16.5. The largest absolute Gasteiger partial charge is 0.356 e. The van der Waals surface area contributed by atoms with E-state index in [1.165, 1.54) is 0 Å². The molecule has 0 spiro atoms. The summed E-state index contributed by atoms with van der Waals surface area (Å²) in [7, 11) is 3.84. The Morgan fingerprint density at radius 3 is 2.54 bits per heavy atom. The van der Waals surface area contributed by atoms with Crippen molar-refractivity contribution in [2.24, 2.45) is 0 Å². The molecule has 2 aliphatic rings. The van der Waals surface area contributed by atoms with Crippen LogP contribution >= 0.6 is 0 Å². The number of hydrogen-bond donors (Lipinski definition) is 0. The molecule has 2 fully saturated rings. The second-order valence-corrected chi connectivity index (χ2v) is 8.03. The number of ether oxygens (including phenoxy) is 1. The maximum absolute atomic E-state index is 13.3. The summed E-state index contributed by atoms with van der Waals surface area (Å²) >= 11 is 0. The maximum Gasteiger partial charge on any atom is 0.254 e. The smallest absolute Gasteiger partial charge is 0.254 e. The topological polar surface area (TPSA) is 53.1 Å². The molecular weight excluding hydrogens is 330 g/mol. The summed E-state index contributed by atoms with van der Waals surface area (Å²) < 4.78 is 5.80. The molecule has 0 aromatic heterocycles. The molecule has 1 aromatic rings. The van der Waals surface area contributed by atoms with Gasteiger partial charge in [-0.25, -0.2) is 0 Å². The summed E-state index contributed by atoms with van der Waals surface area (Å²) in [6, 6.07) is 7.49. The molecule has 1 aromatic carbocycles. The van der Waals surface area contributed by atoms with Gasteiger partial charge in [0.1, 0.15) is 6.61 Å². The first-order valence-corrected chi connectivity index (χ1v) is 9.15. The highest BCUT2D eigenvalue weighted by Gasteiger charge is 2.44. The molecule has 6 heteroatoms. The van der Waals surface area contributed by atoms with Gasteiger partial charge in [-0.05, 0) is 38.9 Å². The quantitative estimate of drug-likeness (QED) is 0.802. The zero-order valence-corrected chi connectivity index (χ0v) is 16.4. The number of amides is 2. The lowest BCUT2D eigenvalue weighted by Gasteiger charge is -2.47. The number of hydrogen-bond acceptors (Lipinski definition) is 4. The summed E-state index contributed by atoms with van der Waals surface area (Å²) in [5, 5.41) is 0. The minimum Gasteiger partial charge on any atom is -0.356 e. The highest BCUT2D eigenvalue weighted by molar-refractivity contribution is 5.86. The van der Waals surface area contributed by atoms with E-state index in [-0.39, 0.29) is 24.0 Å². The number of morpholine rings is 1. The summed E-state index contributed by atoms with van der Waals surface area (Å²) in [5.41, 5.74) is 1.94. The Kier molecular flexibility index (Phi) is 5.08. The first kappa shape index (κ1) is 18.9. The zero-order chi connectivity index (χ0) is 19.1. The summed E-state index contributed by atoms with van der Waals surface area (Å²) in [6.45, 7) is 8.40. The molecule has 2 aliphatic heterocycles. The van der Waals surface area contributed by atoms with Crippen molar-refractivity contribution in [3.8, 4) is 0 Å². The third-order valence-electron chi connectivity index (χ3n) is 5.86. The number of rotatable bonds is 2. The van der Waals surface area contributed by atoms with Crippen LogP contribution in [0, 0.1) is 6.92 Å². The van der Waals surface area contributed by atoms with Crippen LogP contribution in [0.1, 0.15) is 31.0 Å². The van der Waals surface area contributed by atoms with E-state index >= 15 is 0 Å². The van der Waals surface area contributed by atoms with Crippen LogP contribution in [0.25, 0.3) is 0 Å². The molecule has 2 atom stereocenters. The summed E-state index contributed by atoms with van der Waals surface area (Å²) in [6.07, 6.45) is -0.669. The van der Waals surface area contributed by atoms with E-state index in [9.17, 15) is 9.59 Å². The average molecular weight is 359 g/mol. The van der Waals surface area contributed by atoms with E-state index in [2.05, 4.69) is 25.8 Å². The molecule has 0 saturated carbocycles. The molecule has 0 radical (unpaired) electrons. The van der Waals surface area contributed by atoms with Gasteiger partial charge in [-0.3, -0.25) is 14.5 Å². The number of benzene rings is 1. The van der Waals surface area contributed by atoms with E-state index in [1.54, 1.807) is 11.9 Å². The minimum atomic E-state index is -0.669. The number of carbonyl (C=O) groups is 2. The Hall–Kier alpha value is -1.92. The first-order chi connectivity index (χ1) is 12.2. The van der Waals surface area contributed by atoms with Gasteiger partial charge in [0, 0.05) is 32.2 Å². The molecule has 2 unspecified atom stereocenters. The molecule has 2 heterocycles. The Balaban J connectivity index is 1.90. The molecule has 142 valence electrons. The lowest BCUT2D eigenvalue weighted by Crippen LogP contribution is -2.62. The van der Waals surface area contributed by atoms with Gasteiger partial charge in [-0.1, -0.05) is 24.3 Å². The van der Waals surface area contributed by atoms with E-state index in [1.807, 2.05) is 36.1 Å². The number of aryl methyl sites for hydroxylation is 1. The third kappa shape index (κ3) is 3.35. The Labute approximate surface area is 155 Å². The van der Waals surface area contributed by atoms with Gasteiger partial charge >= 0.3 is 0 Å². The van der Waals surface area contributed by atoms with Gasteiger partial charge in [0.05, 0.1) is 6.04 Å². The molecule has 6 nitrogen and oxygen atoms in total. The number of carbonyl (C=O) groups excluding carboxylic acids is 2. The Morgan fingerprint density at radius 1 is 1.19 bits per heavy atom. The van der Waals surface area contributed by atoms with Crippen molar-refractivity contribution >= 4 is 11.8 Å². The van der Waals surface area contributed by atoms with Crippen LogP contribution in [-0.2, 0) is 14.3 Å². The van der Waals surface area contributed by atoms with Crippen molar-refractivity contribution in [2.75, 3.05) is 40.3 Å². The zero-order valence-electron chi connectivity index (χ0n) is 16.4. The third-order valence-corrected chi connectivity index (χ3v) is 5.86.